The van der Waals surface area contributed by atoms with Gasteiger partial charge in [-0.25, -0.2) is 18.1 Å². The summed E-state index contributed by atoms with van der Waals surface area (Å²) in [6.07, 6.45) is 2.38. The van der Waals surface area contributed by atoms with Gasteiger partial charge in [-0.2, -0.15) is 0 Å². The molecule has 1 aromatic rings. The van der Waals surface area contributed by atoms with Crippen molar-refractivity contribution in [2.75, 3.05) is 13.2 Å². The first-order valence-electron chi connectivity index (χ1n) is 4.82. The van der Waals surface area contributed by atoms with Crippen molar-refractivity contribution >= 4 is 16.0 Å². The second-order valence-electron chi connectivity index (χ2n) is 3.63. The standard InChI is InChI=1S/C8H11N3O5S/c12-8(13)5-2-16-3-6(5)11-17(14,15)7-1-9-4-10-7/h1,4-6,11H,2-3H2,(H,9,10)(H,12,13). The lowest BCUT2D eigenvalue weighted by molar-refractivity contribution is -0.142. The monoisotopic (exact) mass is 261 g/mol. The van der Waals surface area contributed by atoms with Crippen molar-refractivity contribution in [1.29, 1.82) is 0 Å². The van der Waals surface area contributed by atoms with Crippen LogP contribution in [0.3, 0.4) is 0 Å². The smallest absolute Gasteiger partial charge is 0.310 e. The fourth-order valence-electron chi connectivity index (χ4n) is 1.57. The number of hydrogen-bond acceptors (Lipinski definition) is 5. The van der Waals surface area contributed by atoms with E-state index in [2.05, 4.69) is 14.7 Å². The molecule has 2 unspecified atom stereocenters. The Morgan fingerprint density at radius 3 is 2.94 bits per heavy atom. The van der Waals surface area contributed by atoms with Crippen LogP contribution in [-0.2, 0) is 19.6 Å². The van der Waals surface area contributed by atoms with Crippen LogP contribution in [0.15, 0.2) is 17.6 Å². The molecule has 1 aliphatic heterocycles. The predicted octanol–water partition coefficient (Wildman–Crippen LogP) is -1.21. The van der Waals surface area contributed by atoms with Crippen molar-refractivity contribution in [1.82, 2.24) is 14.7 Å². The molecule has 94 valence electrons. The quantitative estimate of drug-likeness (QED) is 0.625. The number of aromatic nitrogens is 2. The first-order chi connectivity index (χ1) is 8.00. The molecule has 2 rings (SSSR count). The molecule has 1 aliphatic rings. The fraction of sp³-hybridized carbons (Fsp3) is 0.500. The molecule has 1 fully saturated rings. The molecule has 1 saturated heterocycles. The molecule has 0 spiro atoms. The van der Waals surface area contributed by atoms with E-state index in [1.165, 1.54) is 6.33 Å². The summed E-state index contributed by atoms with van der Waals surface area (Å²) in [6.45, 7) is 0.0514. The molecule has 0 aliphatic carbocycles. The maximum atomic E-state index is 11.8. The van der Waals surface area contributed by atoms with Crippen molar-refractivity contribution in [2.45, 2.75) is 11.1 Å². The van der Waals surface area contributed by atoms with Gasteiger partial charge in [-0.1, -0.05) is 0 Å². The summed E-state index contributed by atoms with van der Waals surface area (Å²) in [5.74, 6) is -1.95. The minimum atomic E-state index is -3.78. The molecule has 17 heavy (non-hydrogen) atoms. The number of imidazole rings is 1. The Morgan fingerprint density at radius 1 is 1.59 bits per heavy atom. The van der Waals surface area contributed by atoms with Crippen LogP contribution < -0.4 is 4.72 Å². The molecule has 0 saturated carbocycles. The number of nitrogens with one attached hydrogen (secondary N) is 2. The first-order valence-corrected chi connectivity index (χ1v) is 6.30. The number of H-pyrrole nitrogens is 1. The third-order valence-electron chi connectivity index (χ3n) is 2.47. The lowest BCUT2D eigenvalue weighted by atomic mass is 10.1. The molecular weight excluding hydrogens is 250 g/mol. The molecule has 9 heteroatoms. The number of carboxylic acid groups (broad SMARTS) is 1. The van der Waals surface area contributed by atoms with E-state index in [9.17, 15) is 13.2 Å². The molecular formula is C8H11N3O5S. The van der Waals surface area contributed by atoms with E-state index in [1.54, 1.807) is 0 Å². The van der Waals surface area contributed by atoms with Crippen LogP contribution in [0.25, 0.3) is 0 Å². The van der Waals surface area contributed by atoms with Gasteiger partial charge in [0, 0.05) is 0 Å². The maximum Gasteiger partial charge on any atom is 0.310 e. The van der Waals surface area contributed by atoms with Crippen LogP contribution in [0.4, 0.5) is 0 Å². The first kappa shape index (κ1) is 12.0. The molecule has 0 aromatic carbocycles. The van der Waals surface area contributed by atoms with Gasteiger partial charge >= 0.3 is 5.97 Å². The van der Waals surface area contributed by atoms with Gasteiger partial charge in [0.25, 0.3) is 10.0 Å². The van der Waals surface area contributed by atoms with E-state index in [-0.39, 0.29) is 18.2 Å². The SMILES string of the molecule is O=C(O)C1COCC1NS(=O)(=O)c1cnc[nH]1. The highest BCUT2D eigenvalue weighted by atomic mass is 32.2. The van der Waals surface area contributed by atoms with Gasteiger partial charge in [0.05, 0.1) is 37.7 Å². The van der Waals surface area contributed by atoms with Gasteiger partial charge in [-0.15, -0.1) is 0 Å². The molecule has 3 N–H and O–H groups in total. The second-order valence-corrected chi connectivity index (χ2v) is 5.31. The van der Waals surface area contributed by atoms with Crippen molar-refractivity contribution in [3.63, 3.8) is 0 Å². The normalized spacial score (nSPS) is 24.9. The molecule has 1 aromatic heterocycles. The summed E-state index contributed by atoms with van der Waals surface area (Å²) in [5, 5.41) is 8.77. The molecule has 8 nitrogen and oxygen atoms in total. The Balaban J connectivity index is 2.14. The Hall–Kier alpha value is -1.45. The Kier molecular flexibility index (Phi) is 3.13. The van der Waals surface area contributed by atoms with Crippen molar-refractivity contribution in [2.24, 2.45) is 5.92 Å². The van der Waals surface area contributed by atoms with Gasteiger partial charge in [0.15, 0.2) is 5.03 Å². The molecule has 2 atom stereocenters. The number of aliphatic carboxylic acids is 1. The molecule has 0 radical (unpaired) electrons. The number of nitrogens with zero attached hydrogens (tertiary/aromatic N) is 1. The molecule has 0 bridgehead atoms. The molecule has 2 heterocycles. The van der Waals surface area contributed by atoms with Crippen LogP contribution in [-0.4, -0.2) is 48.7 Å². The van der Waals surface area contributed by atoms with Crippen LogP contribution in [0.1, 0.15) is 0 Å². The largest absolute Gasteiger partial charge is 0.481 e. The zero-order chi connectivity index (χ0) is 12.5. The highest BCUT2D eigenvalue weighted by Crippen LogP contribution is 2.16. The minimum Gasteiger partial charge on any atom is -0.481 e. The summed E-state index contributed by atoms with van der Waals surface area (Å²) >= 11 is 0. The highest BCUT2D eigenvalue weighted by Gasteiger charge is 2.37. The maximum absolute atomic E-state index is 11.8. The summed E-state index contributed by atoms with van der Waals surface area (Å²) < 4.78 is 30.8. The lowest BCUT2D eigenvalue weighted by Gasteiger charge is -2.14. The van der Waals surface area contributed by atoms with Crippen molar-refractivity contribution in [3.05, 3.63) is 12.5 Å². The fourth-order valence-corrected chi connectivity index (χ4v) is 2.73. The van der Waals surface area contributed by atoms with Gasteiger partial charge in [-0.3, -0.25) is 4.79 Å². The van der Waals surface area contributed by atoms with E-state index in [0.717, 1.165) is 6.20 Å². The van der Waals surface area contributed by atoms with E-state index in [0.29, 0.717) is 0 Å². The highest BCUT2D eigenvalue weighted by molar-refractivity contribution is 7.89. The van der Waals surface area contributed by atoms with Gasteiger partial charge in [0.2, 0.25) is 0 Å². The van der Waals surface area contributed by atoms with Crippen molar-refractivity contribution < 1.29 is 23.1 Å². The number of rotatable bonds is 4. The number of hydrogen-bond donors (Lipinski definition) is 3. The minimum absolute atomic E-state index is 0.00545. The zero-order valence-electron chi connectivity index (χ0n) is 8.66. The average molecular weight is 261 g/mol. The number of carboxylic acids is 1. The van der Waals surface area contributed by atoms with Crippen LogP contribution in [0.2, 0.25) is 0 Å². The summed E-state index contributed by atoms with van der Waals surface area (Å²) in [7, 11) is -3.78. The number of ether oxygens (including phenoxy) is 1. The second kappa shape index (κ2) is 4.43. The zero-order valence-corrected chi connectivity index (χ0v) is 9.48. The third-order valence-corrected chi connectivity index (χ3v) is 3.88. The predicted molar refractivity (Wildman–Crippen MR) is 54.6 cm³/mol. The average Bonchev–Trinajstić information content (AvgIpc) is 2.85. The Labute approximate surface area is 97.1 Å². The number of sulfonamides is 1. The van der Waals surface area contributed by atoms with Crippen LogP contribution in [0, 0.1) is 5.92 Å². The van der Waals surface area contributed by atoms with Crippen molar-refractivity contribution in [3.8, 4) is 0 Å². The summed E-state index contributed by atoms with van der Waals surface area (Å²) in [4.78, 5) is 16.9. The topological polar surface area (TPSA) is 121 Å². The van der Waals surface area contributed by atoms with E-state index in [4.69, 9.17) is 9.84 Å². The molecule has 0 amide bonds. The summed E-state index contributed by atoms with van der Waals surface area (Å²) in [5.41, 5.74) is 0. The Bertz CT molecular complexity index is 497. The third kappa shape index (κ3) is 2.46. The Morgan fingerprint density at radius 2 is 2.35 bits per heavy atom. The van der Waals surface area contributed by atoms with Gasteiger partial charge < -0.3 is 14.8 Å². The number of aromatic amines is 1. The van der Waals surface area contributed by atoms with Gasteiger partial charge in [-0.05, 0) is 0 Å². The van der Waals surface area contributed by atoms with E-state index in [1.807, 2.05) is 0 Å². The van der Waals surface area contributed by atoms with Crippen LogP contribution in [0.5, 0.6) is 0 Å². The van der Waals surface area contributed by atoms with E-state index < -0.39 is 28.0 Å². The van der Waals surface area contributed by atoms with Gasteiger partial charge in [0.1, 0.15) is 0 Å². The lowest BCUT2D eigenvalue weighted by Crippen LogP contribution is -2.42. The van der Waals surface area contributed by atoms with Crippen LogP contribution >= 0.6 is 0 Å². The summed E-state index contributed by atoms with van der Waals surface area (Å²) in [6, 6.07) is -0.763. The van der Waals surface area contributed by atoms with E-state index >= 15 is 0 Å². The number of carbonyl (C=O) groups is 1.